The third kappa shape index (κ3) is 7.42. The zero-order chi connectivity index (χ0) is 21.2. The topological polar surface area (TPSA) is 58.6 Å². The van der Waals surface area contributed by atoms with Crippen molar-refractivity contribution in [2.24, 2.45) is 0 Å². The van der Waals surface area contributed by atoms with Crippen molar-refractivity contribution >= 4 is 23.4 Å². The lowest BCUT2D eigenvalue weighted by Crippen LogP contribution is -2.47. The van der Waals surface area contributed by atoms with Gasteiger partial charge in [0.2, 0.25) is 11.8 Å². The summed E-state index contributed by atoms with van der Waals surface area (Å²) in [5, 5.41) is 3.39. The van der Waals surface area contributed by atoms with Gasteiger partial charge in [-0.2, -0.15) is 0 Å². The summed E-state index contributed by atoms with van der Waals surface area (Å²) in [4.78, 5) is 26.8. The Balaban J connectivity index is 1.97. The molecule has 0 bridgehead atoms. The van der Waals surface area contributed by atoms with Crippen LogP contribution in [0.5, 0.6) is 5.75 Å². The molecule has 6 heteroatoms. The normalized spacial score (nSPS) is 11.6. The Kier molecular flexibility index (Phi) is 9.00. The minimum Gasteiger partial charge on any atom is -0.494 e. The number of carbonyl (C=O) groups excluding carboxylic acids is 2. The fourth-order valence-electron chi connectivity index (χ4n) is 2.93. The molecular weight excluding hydrogens is 388 g/mol. The predicted molar refractivity (Wildman–Crippen MR) is 116 cm³/mol. The number of halogens is 1. The predicted octanol–water partition coefficient (Wildman–Crippen LogP) is 4.36. The summed E-state index contributed by atoms with van der Waals surface area (Å²) in [6.07, 6.45) is 0.872. The van der Waals surface area contributed by atoms with Gasteiger partial charge in [-0.15, -0.1) is 0 Å². The molecule has 0 aliphatic carbocycles. The molecule has 2 amide bonds. The SMILES string of the molecule is CCNC(=O)[C@@H](C)N(Cc1cccc(Cl)c1)C(=O)CCCOc1ccc(C)cc1. The first-order chi connectivity index (χ1) is 13.9. The molecule has 0 aliphatic heterocycles. The van der Waals surface area contributed by atoms with Gasteiger partial charge in [0.05, 0.1) is 6.61 Å². The van der Waals surface area contributed by atoms with Crippen molar-refractivity contribution < 1.29 is 14.3 Å². The van der Waals surface area contributed by atoms with E-state index in [9.17, 15) is 9.59 Å². The Bertz CT molecular complexity index is 808. The van der Waals surface area contributed by atoms with Crippen LogP contribution in [0.3, 0.4) is 0 Å². The van der Waals surface area contributed by atoms with Gasteiger partial charge < -0.3 is 15.0 Å². The molecule has 0 spiro atoms. The second-order valence-electron chi connectivity index (χ2n) is 6.99. The van der Waals surface area contributed by atoms with Gasteiger partial charge in [0.1, 0.15) is 11.8 Å². The van der Waals surface area contributed by atoms with Crippen LogP contribution in [0.15, 0.2) is 48.5 Å². The molecule has 0 saturated carbocycles. The van der Waals surface area contributed by atoms with Crippen LogP contribution < -0.4 is 10.1 Å². The first kappa shape index (κ1) is 22.8. The number of amides is 2. The fourth-order valence-corrected chi connectivity index (χ4v) is 3.14. The van der Waals surface area contributed by atoms with Crippen LogP contribution >= 0.6 is 11.6 Å². The lowest BCUT2D eigenvalue weighted by atomic mass is 10.1. The van der Waals surface area contributed by atoms with Gasteiger partial charge in [-0.1, -0.05) is 41.4 Å². The second kappa shape index (κ2) is 11.5. The van der Waals surface area contributed by atoms with Crippen LogP contribution in [-0.2, 0) is 16.1 Å². The number of nitrogens with zero attached hydrogens (tertiary/aromatic N) is 1. The van der Waals surface area contributed by atoms with Crippen LogP contribution in [0.25, 0.3) is 0 Å². The van der Waals surface area contributed by atoms with E-state index < -0.39 is 6.04 Å². The van der Waals surface area contributed by atoms with E-state index in [-0.39, 0.29) is 11.8 Å². The number of nitrogens with one attached hydrogen (secondary N) is 1. The Morgan fingerprint density at radius 3 is 2.55 bits per heavy atom. The van der Waals surface area contributed by atoms with Crippen LogP contribution in [0.2, 0.25) is 5.02 Å². The molecule has 5 nitrogen and oxygen atoms in total. The van der Waals surface area contributed by atoms with Crippen molar-refractivity contribution in [3.63, 3.8) is 0 Å². The number of rotatable bonds is 10. The summed E-state index contributed by atoms with van der Waals surface area (Å²) in [6, 6.07) is 14.6. The maximum Gasteiger partial charge on any atom is 0.242 e. The van der Waals surface area contributed by atoms with E-state index in [2.05, 4.69) is 5.32 Å². The highest BCUT2D eigenvalue weighted by molar-refractivity contribution is 6.30. The molecular formula is C23H29ClN2O3. The Hall–Kier alpha value is -2.53. The van der Waals surface area contributed by atoms with Crippen LogP contribution in [0.4, 0.5) is 0 Å². The molecule has 0 heterocycles. The number of hydrogen-bond acceptors (Lipinski definition) is 3. The third-order valence-corrected chi connectivity index (χ3v) is 4.82. The molecule has 29 heavy (non-hydrogen) atoms. The fraction of sp³-hybridized carbons (Fsp3) is 0.391. The number of hydrogen-bond donors (Lipinski definition) is 1. The number of benzene rings is 2. The zero-order valence-corrected chi connectivity index (χ0v) is 18.0. The van der Waals surface area contributed by atoms with Gasteiger partial charge in [0, 0.05) is 24.5 Å². The van der Waals surface area contributed by atoms with E-state index in [1.54, 1.807) is 17.9 Å². The molecule has 1 N–H and O–H groups in total. The first-order valence-corrected chi connectivity index (χ1v) is 10.3. The van der Waals surface area contributed by atoms with Gasteiger partial charge in [-0.05, 0) is 57.0 Å². The lowest BCUT2D eigenvalue weighted by Gasteiger charge is -2.29. The summed E-state index contributed by atoms with van der Waals surface area (Å²) in [7, 11) is 0. The number of carbonyl (C=O) groups is 2. The van der Waals surface area contributed by atoms with Crippen LogP contribution in [0.1, 0.15) is 37.8 Å². The molecule has 0 saturated heterocycles. The maximum absolute atomic E-state index is 12.9. The van der Waals surface area contributed by atoms with Crippen molar-refractivity contribution in [1.82, 2.24) is 10.2 Å². The van der Waals surface area contributed by atoms with E-state index in [1.165, 1.54) is 5.56 Å². The molecule has 1 atom stereocenters. The van der Waals surface area contributed by atoms with Gasteiger partial charge in [-0.25, -0.2) is 0 Å². The molecule has 2 aromatic carbocycles. The number of ether oxygens (including phenoxy) is 1. The quantitative estimate of drug-likeness (QED) is 0.585. The van der Waals surface area contributed by atoms with Crippen molar-refractivity contribution in [3.05, 3.63) is 64.7 Å². The molecule has 2 aromatic rings. The summed E-state index contributed by atoms with van der Waals surface area (Å²) < 4.78 is 5.70. The van der Waals surface area contributed by atoms with Gasteiger partial charge in [0.15, 0.2) is 0 Å². The summed E-state index contributed by atoms with van der Waals surface area (Å²) in [5.41, 5.74) is 2.06. The van der Waals surface area contributed by atoms with Crippen molar-refractivity contribution in [3.8, 4) is 5.75 Å². The first-order valence-electron chi connectivity index (χ1n) is 9.91. The molecule has 2 rings (SSSR count). The smallest absolute Gasteiger partial charge is 0.242 e. The number of aryl methyl sites for hydroxylation is 1. The average molecular weight is 417 g/mol. The summed E-state index contributed by atoms with van der Waals surface area (Å²) >= 11 is 6.07. The molecule has 0 aromatic heterocycles. The third-order valence-electron chi connectivity index (χ3n) is 4.58. The van der Waals surface area contributed by atoms with Gasteiger partial charge in [-0.3, -0.25) is 9.59 Å². The van der Waals surface area contributed by atoms with E-state index in [1.807, 2.05) is 56.3 Å². The van der Waals surface area contributed by atoms with E-state index >= 15 is 0 Å². The van der Waals surface area contributed by atoms with Gasteiger partial charge >= 0.3 is 0 Å². The van der Waals surface area contributed by atoms with Gasteiger partial charge in [0.25, 0.3) is 0 Å². The minimum atomic E-state index is -0.570. The van der Waals surface area contributed by atoms with E-state index in [0.29, 0.717) is 37.6 Å². The van der Waals surface area contributed by atoms with Crippen LogP contribution in [-0.4, -0.2) is 35.9 Å². The highest BCUT2D eigenvalue weighted by Gasteiger charge is 2.25. The largest absolute Gasteiger partial charge is 0.494 e. The van der Waals surface area contributed by atoms with Crippen LogP contribution in [0, 0.1) is 6.92 Å². The molecule has 0 unspecified atom stereocenters. The monoisotopic (exact) mass is 416 g/mol. The van der Waals surface area contributed by atoms with E-state index in [0.717, 1.165) is 11.3 Å². The minimum absolute atomic E-state index is 0.0868. The summed E-state index contributed by atoms with van der Waals surface area (Å²) in [6.45, 7) is 6.91. The highest BCUT2D eigenvalue weighted by atomic mass is 35.5. The highest BCUT2D eigenvalue weighted by Crippen LogP contribution is 2.16. The van der Waals surface area contributed by atoms with E-state index in [4.69, 9.17) is 16.3 Å². The van der Waals surface area contributed by atoms with Crippen molar-refractivity contribution in [2.75, 3.05) is 13.2 Å². The Morgan fingerprint density at radius 1 is 1.17 bits per heavy atom. The van der Waals surface area contributed by atoms with Crippen molar-refractivity contribution in [2.45, 2.75) is 46.2 Å². The lowest BCUT2D eigenvalue weighted by molar-refractivity contribution is -0.140. The molecule has 0 fully saturated rings. The number of likely N-dealkylation sites (N-methyl/N-ethyl adjacent to an activating group) is 1. The Morgan fingerprint density at radius 2 is 1.90 bits per heavy atom. The standard InChI is InChI=1S/C23H29ClN2O3/c1-4-25-23(28)18(3)26(16-19-7-5-8-20(24)15-19)22(27)9-6-14-29-21-12-10-17(2)11-13-21/h5,7-8,10-13,15,18H,4,6,9,14,16H2,1-3H3,(H,25,28)/t18-/m1/s1. The van der Waals surface area contributed by atoms with Crippen molar-refractivity contribution in [1.29, 1.82) is 0 Å². The average Bonchev–Trinajstić information content (AvgIpc) is 2.70. The summed E-state index contributed by atoms with van der Waals surface area (Å²) in [5.74, 6) is 0.532. The molecule has 0 radical (unpaired) electrons. The molecule has 0 aliphatic rings. The Labute approximate surface area is 178 Å². The second-order valence-corrected chi connectivity index (χ2v) is 7.42. The zero-order valence-electron chi connectivity index (χ0n) is 17.3. The molecule has 156 valence electrons. The maximum atomic E-state index is 12.9.